The second-order valence-corrected chi connectivity index (χ2v) is 5.03. The third-order valence-corrected chi connectivity index (χ3v) is 3.19. The summed E-state index contributed by atoms with van der Waals surface area (Å²) in [4.78, 5) is 9.18. The van der Waals surface area contributed by atoms with E-state index in [0.29, 0.717) is 0 Å². The molecule has 102 valence electrons. The Bertz CT molecular complexity index is 550. The summed E-state index contributed by atoms with van der Waals surface area (Å²) < 4.78 is 0. The summed E-state index contributed by atoms with van der Waals surface area (Å²) >= 11 is 0. The highest BCUT2D eigenvalue weighted by molar-refractivity contribution is 5.89. The molecule has 2 rings (SSSR count). The number of hydrogen-bond acceptors (Lipinski definition) is 4. The van der Waals surface area contributed by atoms with Crippen LogP contribution in [0.5, 0.6) is 0 Å². The molecule has 0 spiro atoms. The van der Waals surface area contributed by atoms with E-state index in [0.717, 1.165) is 29.0 Å². The third kappa shape index (κ3) is 3.01. The van der Waals surface area contributed by atoms with Crippen molar-refractivity contribution in [3.8, 4) is 0 Å². The normalized spacial score (nSPS) is 12.9. The van der Waals surface area contributed by atoms with Crippen molar-refractivity contribution in [2.45, 2.75) is 39.2 Å². The Morgan fingerprint density at radius 2 is 1.95 bits per heavy atom. The highest BCUT2D eigenvalue weighted by Gasteiger charge is 2.12. The van der Waals surface area contributed by atoms with Crippen LogP contribution in [0.2, 0.25) is 0 Å². The number of aliphatic hydroxyl groups excluding tert-OH is 1. The van der Waals surface area contributed by atoms with Gasteiger partial charge in [0.2, 0.25) is 0 Å². The van der Waals surface area contributed by atoms with E-state index in [9.17, 15) is 5.11 Å². The number of anilines is 1. The van der Waals surface area contributed by atoms with Gasteiger partial charge < -0.3 is 10.4 Å². The van der Waals surface area contributed by atoms with Crippen molar-refractivity contribution in [3.63, 3.8) is 0 Å². The monoisotopic (exact) mass is 259 g/mol. The van der Waals surface area contributed by atoms with Gasteiger partial charge >= 0.3 is 0 Å². The first kappa shape index (κ1) is 13.7. The Hall–Kier alpha value is -1.68. The topological polar surface area (TPSA) is 58.0 Å². The van der Waals surface area contributed by atoms with E-state index in [1.807, 2.05) is 31.2 Å². The van der Waals surface area contributed by atoms with Gasteiger partial charge in [0.15, 0.2) is 0 Å². The summed E-state index contributed by atoms with van der Waals surface area (Å²) in [6, 6.07) is 7.98. The second-order valence-electron chi connectivity index (χ2n) is 5.03. The van der Waals surface area contributed by atoms with Gasteiger partial charge in [-0.2, -0.15) is 0 Å². The lowest BCUT2D eigenvalue weighted by Gasteiger charge is -2.17. The summed E-state index contributed by atoms with van der Waals surface area (Å²) in [5.41, 5.74) is 0.941. The van der Waals surface area contributed by atoms with Crippen molar-refractivity contribution in [1.29, 1.82) is 0 Å². The van der Waals surface area contributed by atoms with Crippen LogP contribution in [0, 0.1) is 0 Å². The van der Waals surface area contributed by atoms with Gasteiger partial charge in [-0.25, -0.2) is 9.97 Å². The number of para-hydroxylation sites is 1. The SMILES string of the molecule is CCC(CO)Nc1nc(C(C)C)nc2ccccc12. The molecule has 0 saturated carbocycles. The van der Waals surface area contributed by atoms with Gasteiger partial charge in [-0.05, 0) is 18.6 Å². The Morgan fingerprint density at radius 1 is 1.21 bits per heavy atom. The number of aromatic nitrogens is 2. The second kappa shape index (κ2) is 5.97. The minimum atomic E-state index is 0.0262. The smallest absolute Gasteiger partial charge is 0.137 e. The summed E-state index contributed by atoms with van der Waals surface area (Å²) in [7, 11) is 0. The predicted molar refractivity (Wildman–Crippen MR) is 78.4 cm³/mol. The number of aliphatic hydroxyl groups is 1. The Kier molecular flexibility index (Phi) is 4.32. The lowest BCUT2D eigenvalue weighted by atomic mass is 10.1. The first-order chi connectivity index (χ1) is 9.15. The van der Waals surface area contributed by atoms with E-state index in [-0.39, 0.29) is 18.6 Å². The molecule has 1 heterocycles. The maximum atomic E-state index is 9.33. The van der Waals surface area contributed by atoms with Crippen molar-refractivity contribution in [3.05, 3.63) is 30.1 Å². The average Bonchev–Trinajstić information content (AvgIpc) is 2.44. The summed E-state index contributed by atoms with van der Waals surface area (Å²) in [6.45, 7) is 6.31. The average molecular weight is 259 g/mol. The van der Waals surface area contributed by atoms with Crippen LogP contribution >= 0.6 is 0 Å². The van der Waals surface area contributed by atoms with E-state index in [4.69, 9.17) is 0 Å². The first-order valence-corrected chi connectivity index (χ1v) is 6.79. The maximum absolute atomic E-state index is 9.33. The molecule has 4 nitrogen and oxygen atoms in total. The molecule has 0 aliphatic heterocycles. The number of rotatable bonds is 5. The molecule has 19 heavy (non-hydrogen) atoms. The van der Waals surface area contributed by atoms with Crippen LogP contribution in [-0.2, 0) is 0 Å². The molecule has 0 amide bonds. The molecular weight excluding hydrogens is 238 g/mol. The van der Waals surface area contributed by atoms with Gasteiger partial charge in [0.05, 0.1) is 18.2 Å². The Balaban J connectivity index is 2.50. The van der Waals surface area contributed by atoms with Gasteiger partial charge in [0.1, 0.15) is 11.6 Å². The number of nitrogens with one attached hydrogen (secondary N) is 1. The zero-order chi connectivity index (χ0) is 13.8. The molecule has 4 heteroatoms. The van der Waals surface area contributed by atoms with E-state index in [2.05, 4.69) is 29.1 Å². The Labute approximate surface area is 113 Å². The lowest BCUT2D eigenvalue weighted by molar-refractivity contribution is 0.271. The van der Waals surface area contributed by atoms with Crippen LogP contribution in [0.4, 0.5) is 5.82 Å². The molecule has 0 aliphatic rings. The van der Waals surface area contributed by atoms with Crippen molar-refractivity contribution >= 4 is 16.7 Å². The largest absolute Gasteiger partial charge is 0.394 e. The van der Waals surface area contributed by atoms with Gasteiger partial charge in [-0.15, -0.1) is 0 Å². The number of hydrogen-bond donors (Lipinski definition) is 2. The van der Waals surface area contributed by atoms with Crippen LogP contribution in [0.25, 0.3) is 10.9 Å². The van der Waals surface area contributed by atoms with E-state index >= 15 is 0 Å². The predicted octanol–water partition coefficient (Wildman–Crippen LogP) is 2.94. The molecule has 0 fully saturated rings. The molecule has 2 N–H and O–H groups in total. The number of fused-ring (bicyclic) bond motifs is 1. The van der Waals surface area contributed by atoms with Gasteiger partial charge in [-0.1, -0.05) is 32.9 Å². The van der Waals surface area contributed by atoms with Crippen molar-refractivity contribution in [2.24, 2.45) is 0 Å². The molecule has 0 bridgehead atoms. The fourth-order valence-corrected chi connectivity index (χ4v) is 1.93. The zero-order valence-electron chi connectivity index (χ0n) is 11.7. The van der Waals surface area contributed by atoms with Crippen LogP contribution in [0.1, 0.15) is 38.9 Å². The molecule has 1 atom stereocenters. The maximum Gasteiger partial charge on any atom is 0.137 e. The molecule has 1 unspecified atom stereocenters. The summed E-state index contributed by atoms with van der Waals surface area (Å²) in [5.74, 6) is 1.92. The van der Waals surface area contributed by atoms with Crippen molar-refractivity contribution in [1.82, 2.24) is 9.97 Å². The van der Waals surface area contributed by atoms with Crippen LogP contribution < -0.4 is 5.32 Å². The van der Waals surface area contributed by atoms with Crippen LogP contribution in [0.15, 0.2) is 24.3 Å². The number of nitrogens with zero attached hydrogens (tertiary/aromatic N) is 2. The Morgan fingerprint density at radius 3 is 2.58 bits per heavy atom. The fraction of sp³-hybridized carbons (Fsp3) is 0.467. The van der Waals surface area contributed by atoms with E-state index in [1.54, 1.807) is 0 Å². The molecule has 1 aromatic heterocycles. The van der Waals surface area contributed by atoms with Gasteiger partial charge in [-0.3, -0.25) is 0 Å². The van der Waals surface area contributed by atoms with Gasteiger partial charge in [0, 0.05) is 11.3 Å². The minimum absolute atomic E-state index is 0.0262. The zero-order valence-corrected chi connectivity index (χ0v) is 11.7. The quantitative estimate of drug-likeness (QED) is 0.866. The molecule has 0 aliphatic carbocycles. The van der Waals surface area contributed by atoms with Crippen molar-refractivity contribution in [2.75, 3.05) is 11.9 Å². The van der Waals surface area contributed by atoms with Crippen LogP contribution in [0.3, 0.4) is 0 Å². The minimum Gasteiger partial charge on any atom is -0.394 e. The highest BCUT2D eigenvalue weighted by atomic mass is 16.3. The molecule has 1 aromatic carbocycles. The standard InChI is InChI=1S/C15H21N3O/c1-4-11(9-19)16-15-12-7-5-6-8-13(12)17-14(18-15)10(2)3/h5-8,10-11,19H,4,9H2,1-3H3,(H,16,17,18). The summed E-state index contributed by atoms with van der Waals surface area (Å²) in [5, 5.41) is 13.6. The van der Waals surface area contributed by atoms with Gasteiger partial charge in [0.25, 0.3) is 0 Å². The molecular formula is C15H21N3O. The highest BCUT2D eigenvalue weighted by Crippen LogP contribution is 2.23. The third-order valence-electron chi connectivity index (χ3n) is 3.19. The lowest BCUT2D eigenvalue weighted by Crippen LogP contribution is -2.23. The fourth-order valence-electron chi connectivity index (χ4n) is 1.93. The van der Waals surface area contributed by atoms with E-state index < -0.39 is 0 Å². The van der Waals surface area contributed by atoms with E-state index in [1.165, 1.54) is 0 Å². The summed E-state index contributed by atoms with van der Waals surface area (Å²) in [6.07, 6.45) is 0.853. The van der Waals surface area contributed by atoms with Crippen LogP contribution in [-0.4, -0.2) is 27.7 Å². The number of benzene rings is 1. The van der Waals surface area contributed by atoms with Crippen molar-refractivity contribution < 1.29 is 5.11 Å². The molecule has 0 radical (unpaired) electrons. The molecule has 2 aromatic rings. The first-order valence-electron chi connectivity index (χ1n) is 6.79. The molecule has 0 saturated heterocycles.